The molecule has 0 aliphatic carbocycles. The molecule has 0 spiro atoms. The minimum atomic E-state index is -0.353. The number of thioether (sulfide) groups is 1. The van der Waals surface area contributed by atoms with Gasteiger partial charge in [0.25, 0.3) is 0 Å². The summed E-state index contributed by atoms with van der Waals surface area (Å²) >= 11 is 7.60. The van der Waals surface area contributed by atoms with Crippen molar-refractivity contribution in [2.24, 2.45) is 5.16 Å². The van der Waals surface area contributed by atoms with Gasteiger partial charge in [-0.1, -0.05) is 23.4 Å². The Morgan fingerprint density at radius 2 is 2.24 bits per heavy atom. The van der Waals surface area contributed by atoms with Crippen molar-refractivity contribution in [1.29, 1.82) is 0 Å². The molecule has 0 saturated heterocycles. The van der Waals surface area contributed by atoms with E-state index in [4.69, 9.17) is 21.2 Å². The summed E-state index contributed by atoms with van der Waals surface area (Å²) in [4.78, 5) is 5.41. The first-order valence-electron chi connectivity index (χ1n) is 7.12. The van der Waals surface area contributed by atoms with Crippen LogP contribution in [0.5, 0.6) is 5.75 Å². The van der Waals surface area contributed by atoms with E-state index in [-0.39, 0.29) is 11.7 Å². The molecule has 1 unspecified atom stereocenters. The van der Waals surface area contributed by atoms with E-state index in [0.717, 1.165) is 28.5 Å². The van der Waals surface area contributed by atoms with Crippen LogP contribution in [0.15, 0.2) is 23.4 Å². The van der Waals surface area contributed by atoms with Gasteiger partial charge in [-0.25, -0.2) is 0 Å². The lowest BCUT2D eigenvalue weighted by Crippen LogP contribution is -2.26. The summed E-state index contributed by atoms with van der Waals surface area (Å²) in [6, 6.07) is 6.25. The highest BCUT2D eigenvalue weighted by atomic mass is 35.5. The zero-order chi connectivity index (χ0) is 15.5. The minimum Gasteiger partial charge on any atom is -0.490 e. The van der Waals surface area contributed by atoms with E-state index in [9.17, 15) is 0 Å². The fraction of sp³-hybridized carbons (Fsp3) is 0.562. The Hall–Kier alpha value is -0.870. The largest absolute Gasteiger partial charge is 0.490 e. The highest BCUT2D eigenvalue weighted by Gasteiger charge is 2.33. The monoisotopic (exact) mass is 327 g/mol. The molecular formula is C16H22ClNO2S. The van der Waals surface area contributed by atoms with E-state index in [2.05, 4.69) is 30.3 Å². The fourth-order valence-electron chi connectivity index (χ4n) is 2.09. The van der Waals surface area contributed by atoms with Crippen LogP contribution in [0, 0.1) is 6.92 Å². The van der Waals surface area contributed by atoms with E-state index in [1.165, 1.54) is 5.56 Å². The number of nitrogens with zero attached hydrogens (tertiary/aromatic N) is 1. The number of para-hydroxylation sites is 1. The molecule has 1 aliphatic rings. The zero-order valence-electron chi connectivity index (χ0n) is 13.0. The van der Waals surface area contributed by atoms with Crippen molar-refractivity contribution >= 4 is 28.4 Å². The predicted octanol–water partition coefficient (Wildman–Crippen LogP) is 4.75. The lowest BCUT2D eigenvalue weighted by atomic mass is 10.1. The van der Waals surface area contributed by atoms with Gasteiger partial charge in [0.15, 0.2) is 5.60 Å². The molecule has 21 heavy (non-hydrogen) atoms. The van der Waals surface area contributed by atoms with Gasteiger partial charge in [0.05, 0.1) is 12.0 Å². The number of oxime groups is 1. The number of rotatable bonds is 5. The molecule has 0 saturated carbocycles. The molecule has 1 aromatic carbocycles. The van der Waals surface area contributed by atoms with Crippen molar-refractivity contribution in [2.75, 3.05) is 5.88 Å². The van der Waals surface area contributed by atoms with Crippen molar-refractivity contribution in [2.45, 2.75) is 51.6 Å². The van der Waals surface area contributed by atoms with E-state index in [1.807, 2.05) is 20.8 Å². The van der Waals surface area contributed by atoms with Gasteiger partial charge in [-0.05, 0) is 33.3 Å². The number of halogens is 1. The van der Waals surface area contributed by atoms with Crippen molar-refractivity contribution in [3.8, 4) is 5.75 Å². The summed E-state index contributed by atoms with van der Waals surface area (Å²) < 4.78 is 5.95. The summed E-state index contributed by atoms with van der Waals surface area (Å²) in [6.45, 7) is 8.15. The van der Waals surface area contributed by atoms with Gasteiger partial charge in [0, 0.05) is 17.7 Å². The first-order chi connectivity index (χ1) is 9.93. The molecule has 0 bridgehead atoms. The van der Waals surface area contributed by atoms with Gasteiger partial charge in [-0.15, -0.1) is 23.4 Å². The number of benzene rings is 1. The Morgan fingerprint density at radius 1 is 1.48 bits per heavy atom. The molecule has 1 aromatic rings. The summed E-state index contributed by atoms with van der Waals surface area (Å²) in [7, 11) is 0. The molecular weight excluding hydrogens is 306 g/mol. The van der Waals surface area contributed by atoms with Crippen molar-refractivity contribution < 1.29 is 9.57 Å². The Bertz CT molecular complexity index is 533. The molecule has 0 amide bonds. The third-order valence-electron chi connectivity index (χ3n) is 3.22. The first kappa shape index (κ1) is 16.5. The smallest absolute Gasteiger partial charge is 0.154 e. The van der Waals surface area contributed by atoms with Gasteiger partial charge in [-0.2, -0.15) is 0 Å². The van der Waals surface area contributed by atoms with Crippen LogP contribution < -0.4 is 4.74 Å². The van der Waals surface area contributed by atoms with Crippen LogP contribution >= 0.6 is 23.4 Å². The number of ether oxygens (including phenoxy) is 1. The highest BCUT2D eigenvalue weighted by Crippen LogP contribution is 2.33. The van der Waals surface area contributed by atoms with Gasteiger partial charge in [-0.3, -0.25) is 0 Å². The Balaban J connectivity index is 2.03. The van der Waals surface area contributed by atoms with Crippen LogP contribution in [0.25, 0.3) is 0 Å². The number of hydrogen-bond donors (Lipinski definition) is 0. The molecule has 0 radical (unpaired) electrons. The SMILES string of the molecule is Cc1cccc(CSC2=NOC(C)(CCl)C2)c1OC(C)C. The zero-order valence-corrected chi connectivity index (χ0v) is 14.6. The standard InChI is InChI=1S/C16H22ClNO2S/c1-11(2)19-15-12(3)6-5-7-13(15)9-21-14-8-16(4,10-17)20-18-14/h5-7,11H,8-10H2,1-4H3. The van der Waals surface area contributed by atoms with E-state index < -0.39 is 0 Å². The molecule has 1 aliphatic heterocycles. The van der Waals surface area contributed by atoms with Gasteiger partial charge in [0.1, 0.15) is 10.8 Å². The Labute approximate surface area is 136 Å². The molecule has 1 atom stereocenters. The average Bonchev–Trinajstić information content (AvgIpc) is 2.82. The maximum absolute atomic E-state index is 5.95. The van der Waals surface area contributed by atoms with Crippen molar-refractivity contribution in [3.63, 3.8) is 0 Å². The fourth-order valence-corrected chi connectivity index (χ4v) is 3.28. The molecule has 116 valence electrons. The second-order valence-electron chi connectivity index (χ2n) is 5.86. The van der Waals surface area contributed by atoms with Crippen molar-refractivity contribution in [3.05, 3.63) is 29.3 Å². The van der Waals surface area contributed by atoms with Crippen LogP contribution in [0.1, 0.15) is 38.3 Å². The molecule has 3 nitrogen and oxygen atoms in total. The van der Waals surface area contributed by atoms with Crippen molar-refractivity contribution in [1.82, 2.24) is 0 Å². The quantitative estimate of drug-likeness (QED) is 0.731. The van der Waals surface area contributed by atoms with Crippen LogP contribution in [-0.2, 0) is 10.6 Å². The topological polar surface area (TPSA) is 30.8 Å². The summed E-state index contributed by atoms with van der Waals surface area (Å²) in [5.74, 6) is 2.26. The molecule has 0 N–H and O–H groups in total. The summed E-state index contributed by atoms with van der Waals surface area (Å²) in [5.41, 5.74) is 2.00. The number of alkyl halides is 1. The van der Waals surface area contributed by atoms with Crippen LogP contribution in [0.4, 0.5) is 0 Å². The minimum absolute atomic E-state index is 0.168. The molecule has 1 heterocycles. The van der Waals surface area contributed by atoms with E-state index >= 15 is 0 Å². The Kier molecular flexibility index (Phi) is 5.44. The van der Waals surface area contributed by atoms with E-state index in [1.54, 1.807) is 11.8 Å². The maximum atomic E-state index is 5.95. The van der Waals surface area contributed by atoms with Gasteiger partial charge >= 0.3 is 0 Å². The maximum Gasteiger partial charge on any atom is 0.154 e. The summed E-state index contributed by atoms with van der Waals surface area (Å²) in [6.07, 6.45) is 0.939. The third-order valence-corrected chi connectivity index (χ3v) is 4.79. The normalized spacial score (nSPS) is 21.3. The predicted molar refractivity (Wildman–Crippen MR) is 90.5 cm³/mol. The average molecular weight is 328 g/mol. The van der Waals surface area contributed by atoms with Crippen LogP contribution in [0.2, 0.25) is 0 Å². The lowest BCUT2D eigenvalue weighted by molar-refractivity contribution is 0.0152. The van der Waals surface area contributed by atoms with Crippen LogP contribution in [0.3, 0.4) is 0 Å². The number of hydrogen-bond acceptors (Lipinski definition) is 4. The van der Waals surface area contributed by atoms with Gasteiger partial charge in [0.2, 0.25) is 0 Å². The second-order valence-corrected chi connectivity index (χ2v) is 7.17. The highest BCUT2D eigenvalue weighted by molar-refractivity contribution is 8.13. The molecule has 0 aromatic heterocycles. The lowest BCUT2D eigenvalue weighted by Gasteiger charge is -2.17. The molecule has 2 rings (SSSR count). The molecule has 5 heteroatoms. The Morgan fingerprint density at radius 3 is 2.86 bits per heavy atom. The summed E-state index contributed by atoms with van der Waals surface area (Å²) in [5, 5.41) is 5.14. The number of aryl methyl sites for hydroxylation is 1. The third kappa shape index (κ3) is 4.30. The van der Waals surface area contributed by atoms with Gasteiger partial charge < -0.3 is 9.57 Å². The van der Waals surface area contributed by atoms with E-state index in [0.29, 0.717) is 5.88 Å². The first-order valence-corrected chi connectivity index (χ1v) is 8.64. The molecule has 0 fully saturated rings. The second kappa shape index (κ2) is 6.93. The van der Waals surface area contributed by atoms with Crippen LogP contribution in [-0.4, -0.2) is 22.6 Å².